The lowest BCUT2D eigenvalue weighted by molar-refractivity contribution is -0.137. The molecule has 1 unspecified atom stereocenters. The van der Waals surface area contributed by atoms with Crippen LogP contribution in [0.2, 0.25) is 0 Å². The normalized spacial score (nSPS) is 21.6. The number of likely N-dealkylation sites (tertiary alicyclic amines) is 1. The first-order valence-electron chi connectivity index (χ1n) is 10.9. The molecule has 2 heterocycles. The average Bonchev–Trinajstić information content (AvgIpc) is 2.74. The number of ether oxygens (including phenoxy) is 1. The number of morpholine rings is 1. The Bertz CT molecular complexity index is 708. The summed E-state index contributed by atoms with van der Waals surface area (Å²) in [6, 6.07) is 5.44. The molecule has 2 fully saturated rings. The summed E-state index contributed by atoms with van der Waals surface area (Å²) in [6.45, 7) is 7.46. The summed E-state index contributed by atoms with van der Waals surface area (Å²) in [5.41, 5.74) is -0.0869. The van der Waals surface area contributed by atoms with Crippen LogP contribution in [0.15, 0.2) is 29.3 Å². The second-order valence-electron chi connectivity index (χ2n) is 8.20. The van der Waals surface area contributed by atoms with E-state index in [1.165, 1.54) is 25.0 Å². The minimum absolute atomic E-state index is 0. The van der Waals surface area contributed by atoms with Gasteiger partial charge in [0.15, 0.2) is 5.96 Å². The number of nitrogens with zero attached hydrogens (tertiary/aromatic N) is 3. The van der Waals surface area contributed by atoms with Crippen molar-refractivity contribution in [2.45, 2.75) is 38.5 Å². The van der Waals surface area contributed by atoms with Crippen LogP contribution >= 0.6 is 24.0 Å². The van der Waals surface area contributed by atoms with Crippen LogP contribution in [-0.4, -0.2) is 68.7 Å². The van der Waals surface area contributed by atoms with Gasteiger partial charge >= 0.3 is 6.18 Å². The second kappa shape index (κ2) is 12.2. The monoisotopic (exact) mass is 554 g/mol. The van der Waals surface area contributed by atoms with E-state index in [4.69, 9.17) is 9.73 Å². The molecule has 9 heteroatoms. The molecule has 176 valence electrons. The van der Waals surface area contributed by atoms with Gasteiger partial charge in [0.2, 0.25) is 0 Å². The number of rotatable bonds is 5. The molecule has 0 radical (unpaired) electrons. The molecule has 2 aliphatic heterocycles. The first-order chi connectivity index (χ1) is 14.4. The Balaban J connectivity index is 0.00000341. The fourth-order valence-electron chi connectivity index (χ4n) is 4.09. The highest BCUT2D eigenvalue weighted by Gasteiger charge is 2.32. The predicted molar refractivity (Wildman–Crippen MR) is 128 cm³/mol. The fourth-order valence-corrected chi connectivity index (χ4v) is 4.09. The van der Waals surface area contributed by atoms with Crippen molar-refractivity contribution < 1.29 is 17.9 Å². The minimum atomic E-state index is -4.35. The quantitative estimate of drug-likeness (QED) is 0.333. The Hall–Kier alpha value is -1.07. The van der Waals surface area contributed by atoms with Crippen molar-refractivity contribution in [3.8, 4) is 0 Å². The van der Waals surface area contributed by atoms with Gasteiger partial charge < -0.3 is 19.9 Å². The van der Waals surface area contributed by atoms with Crippen LogP contribution in [0.5, 0.6) is 0 Å². The molecule has 1 N–H and O–H groups in total. The van der Waals surface area contributed by atoms with Gasteiger partial charge in [0.25, 0.3) is 0 Å². The number of nitrogens with one attached hydrogen (secondary N) is 1. The van der Waals surface area contributed by atoms with E-state index in [1.54, 1.807) is 6.07 Å². The molecule has 1 aromatic carbocycles. The van der Waals surface area contributed by atoms with Crippen molar-refractivity contribution in [2.75, 3.05) is 52.9 Å². The highest BCUT2D eigenvalue weighted by atomic mass is 127. The average molecular weight is 554 g/mol. The van der Waals surface area contributed by atoms with Crippen molar-refractivity contribution in [3.05, 3.63) is 35.4 Å². The van der Waals surface area contributed by atoms with Crippen LogP contribution in [0.25, 0.3) is 0 Å². The maximum absolute atomic E-state index is 13.1. The number of piperidine rings is 1. The van der Waals surface area contributed by atoms with E-state index >= 15 is 0 Å². The molecule has 0 aliphatic carbocycles. The molecule has 31 heavy (non-hydrogen) atoms. The SMILES string of the molecule is CCNC(=NCCC1CCN(C)CC1)N1CCOC(c2cccc(C(F)(F)F)c2)C1.I. The topological polar surface area (TPSA) is 40.1 Å². The molecule has 1 atom stereocenters. The summed E-state index contributed by atoms with van der Waals surface area (Å²) in [5, 5.41) is 3.34. The number of aliphatic imine (C=N–C) groups is 1. The molecule has 2 aliphatic rings. The van der Waals surface area contributed by atoms with E-state index in [-0.39, 0.29) is 24.0 Å². The van der Waals surface area contributed by atoms with Crippen LogP contribution in [0.4, 0.5) is 13.2 Å². The Morgan fingerprint density at radius 3 is 2.65 bits per heavy atom. The van der Waals surface area contributed by atoms with Gasteiger partial charge in [-0.15, -0.1) is 24.0 Å². The molecule has 0 aromatic heterocycles. The van der Waals surface area contributed by atoms with E-state index in [0.29, 0.717) is 25.3 Å². The molecule has 5 nitrogen and oxygen atoms in total. The summed E-state index contributed by atoms with van der Waals surface area (Å²) in [7, 11) is 2.16. The summed E-state index contributed by atoms with van der Waals surface area (Å²) in [6.07, 6.45) is -1.24. The van der Waals surface area contributed by atoms with Crippen LogP contribution in [0, 0.1) is 5.92 Å². The first-order valence-corrected chi connectivity index (χ1v) is 10.9. The molecule has 3 rings (SSSR count). The molecule has 0 bridgehead atoms. The maximum Gasteiger partial charge on any atom is 0.416 e. The Morgan fingerprint density at radius 1 is 1.23 bits per heavy atom. The largest absolute Gasteiger partial charge is 0.416 e. The van der Waals surface area contributed by atoms with E-state index in [1.807, 2.05) is 6.92 Å². The molecular formula is C22H34F3IN4O. The van der Waals surface area contributed by atoms with Crippen molar-refractivity contribution in [1.29, 1.82) is 0 Å². The van der Waals surface area contributed by atoms with E-state index < -0.39 is 17.8 Å². The van der Waals surface area contributed by atoms with Crippen molar-refractivity contribution >= 4 is 29.9 Å². The summed E-state index contributed by atoms with van der Waals surface area (Å²) in [4.78, 5) is 9.29. The van der Waals surface area contributed by atoms with Gasteiger partial charge in [0.1, 0.15) is 6.10 Å². The summed E-state index contributed by atoms with van der Waals surface area (Å²) < 4.78 is 45.0. The number of alkyl halides is 3. The summed E-state index contributed by atoms with van der Waals surface area (Å²) >= 11 is 0. The number of guanidine groups is 1. The Morgan fingerprint density at radius 2 is 1.97 bits per heavy atom. The molecule has 2 saturated heterocycles. The minimum Gasteiger partial charge on any atom is -0.370 e. The van der Waals surface area contributed by atoms with Crippen molar-refractivity contribution in [1.82, 2.24) is 15.1 Å². The van der Waals surface area contributed by atoms with Gasteiger partial charge in [-0.25, -0.2) is 0 Å². The van der Waals surface area contributed by atoms with E-state index in [0.717, 1.165) is 50.5 Å². The second-order valence-corrected chi connectivity index (χ2v) is 8.20. The smallest absolute Gasteiger partial charge is 0.370 e. The van der Waals surface area contributed by atoms with Gasteiger partial charge in [0, 0.05) is 19.6 Å². The molecule has 1 aromatic rings. The number of benzene rings is 1. The Kier molecular flexibility index (Phi) is 10.3. The zero-order chi connectivity index (χ0) is 21.6. The number of hydrogen-bond acceptors (Lipinski definition) is 3. The third-order valence-corrected chi connectivity index (χ3v) is 5.92. The third-order valence-electron chi connectivity index (χ3n) is 5.92. The van der Waals surface area contributed by atoms with Crippen LogP contribution < -0.4 is 5.32 Å². The van der Waals surface area contributed by atoms with Crippen molar-refractivity contribution in [2.24, 2.45) is 10.9 Å². The number of halogens is 4. The van der Waals surface area contributed by atoms with Crippen LogP contribution in [-0.2, 0) is 10.9 Å². The predicted octanol–water partition coefficient (Wildman–Crippen LogP) is 4.39. The van der Waals surface area contributed by atoms with Gasteiger partial charge in [-0.2, -0.15) is 13.2 Å². The maximum atomic E-state index is 13.1. The third kappa shape index (κ3) is 7.78. The standard InChI is InChI=1S/C22H33F3N4O.HI/c1-3-26-21(27-10-7-17-8-11-28(2)12-9-17)29-13-14-30-20(16-29)18-5-4-6-19(15-18)22(23,24)25;/h4-6,15,17,20H,3,7-14,16H2,1-2H3,(H,26,27);1H. The fraction of sp³-hybridized carbons (Fsp3) is 0.682. The number of hydrogen-bond donors (Lipinski definition) is 1. The van der Waals surface area contributed by atoms with Gasteiger partial charge in [-0.05, 0) is 69.9 Å². The zero-order valence-electron chi connectivity index (χ0n) is 18.3. The van der Waals surface area contributed by atoms with Gasteiger partial charge in [-0.1, -0.05) is 12.1 Å². The van der Waals surface area contributed by atoms with Crippen molar-refractivity contribution in [3.63, 3.8) is 0 Å². The van der Waals surface area contributed by atoms with Gasteiger partial charge in [-0.3, -0.25) is 4.99 Å². The highest BCUT2D eigenvalue weighted by molar-refractivity contribution is 14.0. The Labute approximate surface area is 200 Å². The molecule has 0 amide bonds. The molecule has 0 saturated carbocycles. The lowest BCUT2D eigenvalue weighted by Crippen LogP contribution is -2.48. The van der Waals surface area contributed by atoms with Gasteiger partial charge in [0.05, 0.1) is 18.7 Å². The lowest BCUT2D eigenvalue weighted by Gasteiger charge is -2.35. The zero-order valence-corrected chi connectivity index (χ0v) is 20.7. The van der Waals surface area contributed by atoms with E-state index in [9.17, 15) is 13.2 Å². The van der Waals surface area contributed by atoms with Crippen LogP contribution in [0.1, 0.15) is 43.4 Å². The molecule has 0 spiro atoms. The highest BCUT2D eigenvalue weighted by Crippen LogP contribution is 2.32. The molecular weight excluding hydrogens is 520 g/mol. The van der Waals surface area contributed by atoms with E-state index in [2.05, 4.69) is 22.2 Å². The van der Waals surface area contributed by atoms with Crippen LogP contribution in [0.3, 0.4) is 0 Å². The first kappa shape index (κ1) is 26.2. The lowest BCUT2D eigenvalue weighted by atomic mass is 9.94. The summed E-state index contributed by atoms with van der Waals surface area (Å²) in [5.74, 6) is 1.54.